The van der Waals surface area contributed by atoms with Crippen LogP contribution in [0.5, 0.6) is 17.2 Å². The van der Waals surface area contributed by atoms with Gasteiger partial charge in [0.1, 0.15) is 11.5 Å². The molecule has 8 heteroatoms. The van der Waals surface area contributed by atoms with Gasteiger partial charge in [-0.05, 0) is 36.8 Å². The van der Waals surface area contributed by atoms with Crippen LogP contribution < -0.4 is 14.2 Å². The summed E-state index contributed by atoms with van der Waals surface area (Å²) in [5.41, 5.74) is 0.907. The Morgan fingerprint density at radius 2 is 1.74 bits per heavy atom. The van der Waals surface area contributed by atoms with Gasteiger partial charge in [0.2, 0.25) is 0 Å². The van der Waals surface area contributed by atoms with Crippen molar-refractivity contribution in [2.75, 3.05) is 41.1 Å². The fourth-order valence-corrected chi connectivity index (χ4v) is 3.95. The minimum Gasteiger partial charge on any atom is -0.507 e. The van der Waals surface area contributed by atoms with E-state index < -0.39 is 17.7 Å². The molecule has 1 atom stereocenters. The van der Waals surface area contributed by atoms with E-state index in [0.29, 0.717) is 35.0 Å². The summed E-state index contributed by atoms with van der Waals surface area (Å²) >= 11 is 0. The Morgan fingerprint density at radius 1 is 1.00 bits per heavy atom. The van der Waals surface area contributed by atoms with E-state index in [4.69, 9.17) is 18.9 Å². The maximum absolute atomic E-state index is 13.1. The predicted molar refractivity (Wildman–Crippen MR) is 127 cm³/mol. The molecular weight excluding hydrogens is 438 g/mol. The molecule has 2 aromatic carbocycles. The number of rotatable bonds is 11. The first kappa shape index (κ1) is 25.1. The minimum absolute atomic E-state index is 0.0210. The van der Waals surface area contributed by atoms with Crippen LogP contribution in [0, 0.1) is 0 Å². The van der Waals surface area contributed by atoms with E-state index in [-0.39, 0.29) is 24.5 Å². The summed E-state index contributed by atoms with van der Waals surface area (Å²) in [5.74, 6) is -0.264. The van der Waals surface area contributed by atoms with E-state index in [1.54, 1.807) is 42.5 Å². The number of amides is 1. The first-order valence-corrected chi connectivity index (χ1v) is 11.2. The van der Waals surface area contributed by atoms with Gasteiger partial charge >= 0.3 is 0 Å². The molecule has 0 spiro atoms. The van der Waals surface area contributed by atoms with Crippen molar-refractivity contribution >= 4 is 17.4 Å². The van der Waals surface area contributed by atoms with Crippen molar-refractivity contribution in [2.24, 2.45) is 0 Å². The number of ether oxygens (including phenoxy) is 4. The molecule has 0 radical (unpaired) electrons. The molecule has 0 aliphatic carbocycles. The van der Waals surface area contributed by atoms with Gasteiger partial charge in [0.15, 0.2) is 11.5 Å². The summed E-state index contributed by atoms with van der Waals surface area (Å²) in [6.07, 6.45) is 1.96. The van der Waals surface area contributed by atoms with Crippen molar-refractivity contribution < 1.29 is 33.6 Å². The molecule has 0 saturated carbocycles. The van der Waals surface area contributed by atoms with E-state index in [0.717, 1.165) is 12.8 Å². The smallest absolute Gasteiger partial charge is 0.295 e. The van der Waals surface area contributed by atoms with Gasteiger partial charge < -0.3 is 29.0 Å². The molecule has 34 heavy (non-hydrogen) atoms. The number of hydrogen-bond acceptors (Lipinski definition) is 7. The number of methoxy groups -OCH3 is 3. The van der Waals surface area contributed by atoms with Gasteiger partial charge in [-0.1, -0.05) is 25.5 Å². The zero-order valence-electron chi connectivity index (χ0n) is 20.0. The van der Waals surface area contributed by atoms with E-state index in [1.807, 2.05) is 0 Å². The number of unbranched alkanes of at least 4 members (excludes halogenated alkanes) is 1. The van der Waals surface area contributed by atoms with Crippen LogP contribution >= 0.6 is 0 Å². The molecule has 0 bridgehead atoms. The number of likely N-dealkylation sites (tertiary alicyclic amines) is 1. The molecule has 1 aliphatic heterocycles. The van der Waals surface area contributed by atoms with Crippen molar-refractivity contribution in [1.82, 2.24) is 4.90 Å². The van der Waals surface area contributed by atoms with Crippen LogP contribution in [0.3, 0.4) is 0 Å². The van der Waals surface area contributed by atoms with Gasteiger partial charge in [0, 0.05) is 24.8 Å². The molecule has 3 rings (SSSR count). The molecule has 1 aliphatic rings. The Balaban J connectivity index is 2.10. The summed E-state index contributed by atoms with van der Waals surface area (Å²) in [7, 11) is 4.51. The number of carbonyl (C=O) groups excluding carboxylic acids is 2. The highest BCUT2D eigenvalue weighted by molar-refractivity contribution is 6.46. The topological polar surface area (TPSA) is 94.5 Å². The van der Waals surface area contributed by atoms with Gasteiger partial charge in [0.25, 0.3) is 11.7 Å². The summed E-state index contributed by atoms with van der Waals surface area (Å²) in [4.78, 5) is 27.5. The number of hydrogen-bond donors (Lipinski definition) is 1. The number of aliphatic hydroxyl groups is 1. The van der Waals surface area contributed by atoms with Crippen LogP contribution in [0.4, 0.5) is 0 Å². The number of Topliss-reactive ketones (excluding diaryl/α,β-unsaturated/α-hetero) is 1. The highest BCUT2D eigenvalue weighted by Gasteiger charge is 2.47. The molecule has 2 aromatic rings. The van der Waals surface area contributed by atoms with Crippen molar-refractivity contribution in [3.8, 4) is 17.2 Å². The lowest BCUT2D eigenvalue weighted by atomic mass is 9.94. The fraction of sp³-hybridized carbons (Fsp3) is 0.385. The van der Waals surface area contributed by atoms with Gasteiger partial charge in [0.05, 0.1) is 39.0 Å². The first-order chi connectivity index (χ1) is 16.5. The second kappa shape index (κ2) is 11.6. The maximum Gasteiger partial charge on any atom is 0.295 e. The molecule has 182 valence electrons. The number of aliphatic hydroxyl groups excluding tert-OH is 1. The highest BCUT2D eigenvalue weighted by atomic mass is 16.5. The third-order valence-corrected chi connectivity index (χ3v) is 5.70. The van der Waals surface area contributed by atoms with Crippen LogP contribution in [0.25, 0.3) is 5.76 Å². The molecule has 1 fully saturated rings. The Morgan fingerprint density at radius 3 is 2.35 bits per heavy atom. The molecule has 1 heterocycles. The molecule has 8 nitrogen and oxygen atoms in total. The first-order valence-electron chi connectivity index (χ1n) is 11.2. The third kappa shape index (κ3) is 5.02. The van der Waals surface area contributed by atoms with Crippen LogP contribution in [0.1, 0.15) is 36.9 Å². The highest BCUT2D eigenvalue weighted by Crippen LogP contribution is 2.45. The average Bonchev–Trinajstić information content (AvgIpc) is 3.11. The van der Waals surface area contributed by atoms with Gasteiger partial charge in [-0.2, -0.15) is 0 Å². The molecule has 1 saturated heterocycles. The van der Waals surface area contributed by atoms with E-state index in [9.17, 15) is 14.7 Å². The van der Waals surface area contributed by atoms with Crippen molar-refractivity contribution in [3.05, 3.63) is 59.2 Å². The summed E-state index contributed by atoms with van der Waals surface area (Å²) in [6.45, 7) is 3.06. The minimum atomic E-state index is -0.874. The van der Waals surface area contributed by atoms with Crippen molar-refractivity contribution in [1.29, 1.82) is 0 Å². The maximum atomic E-state index is 13.1. The Labute approximate surface area is 199 Å². The quantitative estimate of drug-likeness (QED) is 0.230. The monoisotopic (exact) mass is 469 g/mol. The second-order valence-electron chi connectivity index (χ2n) is 7.79. The average molecular weight is 470 g/mol. The standard InChI is InChI=1S/C26H31NO7/c1-5-6-15-34-18-12-10-17(11-13-18)23(28)21-22(27(14-16-31-2)26(30)24(21)29)19-8-7-9-20(32-3)25(19)33-4/h7-13,22,28H,5-6,14-16H2,1-4H3/b23-21+. The van der Waals surface area contributed by atoms with Crippen molar-refractivity contribution in [3.63, 3.8) is 0 Å². The zero-order valence-corrected chi connectivity index (χ0v) is 20.0. The van der Waals surface area contributed by atoms with Gasteiger partial charge in [-0.15, -0.1) is 0 Å². The molecule has 1 unspecified atom stereocenters. The van der Waals surface area contributed by atoms with E-state index >= 15 is 0 Å². The largest absolute Gasteiger partial charge is 0.507 e. The fourth-order valence-electron chi connectivity index (χ4n) is 3.95. The normalized spacial score (nSPS) is 17.2. The Hall–Kier alpha value is -3.52. The summed E-state index contributed by atoms with van der Waals surface area (Å²) in [6, 6.07) is 11.1. The Bertz CT molecular complexity index is 1050. The SMILES string of the molecule is CCCCOc1ccc(/C(O)=C2\C(=O)C(=O)N(CCOC)C2c2cccc(OC)c2OC)cc1. The van der Waals surface area contributed by atoms with Crippen molar-refractivity contribution in [2.45, 2.75) is 25.8 Å². The third-order valence-electron chi connectivity index (χ3n) is 5.70. The van der Waals surface area contributed by atoms with E-state index in [2.05, 4.69) is 6.92 Å². The summed E-state index contributed by atoms with van der Waals surface area (Å²) in [5, 5.41) is 11.2. The number of ketones is 1. The summed E-state index contributed by atoms with van der Waals surface area (Å²) < 4.78 is 21.8. The number of carbonyl (C=O) groups is 2. The molecule has 1 N–H and O–H groups in total. The molecule has 1 amide bonds. The lowest BCUT2D eigenvalue weighted by molar-refractivity contribution is -0.140. The van der Waals surface area contributed by atoms with Crippen LogP contribution in [-0.2, 0) is 14.3 Å². The number of benzene rings is 2. The lowest BCUT2D eigenvalue weighted by Gasteiger charge is -2.27. The number of nitrogens with zero attached hydrogens (tertiary/aromatic N) is 1. The van der Waals surface area contributed by atoms with Gasteiger partial charge in [-0.25, -0.2) is 0 Å². The molecular formula is C26H31NO7. The molecule has 0 aromatic heterocycles. The van der Waals surface area contributed by atoms with Gasteiger partial charge in [-0.3, -0.25) is 9.59 Å². The Kier molecular flexibility index (Phi) is 8.54. The van der Waals surface area contributed by atoms with E-state index in [1.165, 1.54) is 26.2 Å². The zero-order chi connectivity index (χ0) is 24.7. The van der Waals surface area contributed by atoms with Crippen LogP contribution in [-0.4, -0.2) is 62.8 Å². The number of para-hydroxylation sites is 1. The second-order valence-corrected chi connectivity index (χ2v) is 7.79. The lowest BCUT2D eigenvalue weighted by Crippen LogP contribution is -2.32. The van der Waals surface area contributed by atoms with Crippen LogP contribution in [0.15, 0.2) is 48.0 Å². The predicted octanol–water partition coefficient (Wildman–Crippen LogP) is 3.95. The van der Waals surface area contributed by atoms with Crippen LogP contribution in [0.2, 0.25) is 0 Å².